The van der Waals surface area contributed by atoms with Gasteiger partial charge < -0.3 is 5.32 Å². The van der Waals surface area contributed by atoms with Gasteiger partial charge in [-0.2, -0.15) is 4.31 Å². The molecule has 110 valence electrons. The summed E-state index contributed by atoms with van der Waals surface area (Å²) in [4.78, 5) is 4.29. The van der Waals surface area contributed by atoms with E-state index in [-0.39, 0.29) is 5.75 Å². The third kappa shape index (κ3) is 5.99. The molecule has 1 aromatic rings. The van der Waals surface area contributed by atoms with Gasteiger partial charge in [0.1, 0.15) is 0 Å². The highest BCUT2D eigenvalue weighted by molar-refractivity contribution is 7.89. The van der Waals surface area contributed by atoms with Crippen LogP contribution in [-0.2, 0) is 16.6 Å². The number of unbranched alkanes of at least 4 members (excludes halogenated alkanes) is 1. The molecular formula is C12H23N3O2S2. The molecule has 0 atom stereocenters. The predicted octanol–water partition coefficient (Wildman–Crippen LogP) is 1.60. The van der Waals surface area contributed by atoms with Crippen molar-refractivity contribution in [3.05, 3.63) is 16.1 Å². The number of thiazole rings is 1. The van der Waals surface area contributed by atoms with Gasteiger partial charge in [0.15, 0.2) is 0 Å². The van der Waals surface area contributed by atoms with Crippen molar-refractivity contribution in [1.29, 1.82) is 0 Å². The molecule has 1 heterocycles. The fourth-order valence-electron chi connectivity index (χ4n) is 1.67. The van der Waals surface area contributed by atoms with Crippen LogP contribution in [0.1, 0.15) is 30.5 Å². The Morgan fingerprint density at radius 2 is 2.16 bits per heavy atom. The van der Waals surface area contributed by atoms with E-state index in [2.05, 4.69) is 10.3 Å². The molecule has 1 N–H and O–H groups in total. The van der Waals surface area contributed by atoms with Gasteiger partial charge in [0.2, 0.25) is 10.0 Å². The Bertz CT molecular complexity index is 471. The van der Waals surface area contributed by atoms with Crippen LogP contribution in [0.15, 0.2) is 5.38 Å². The first kappa shape index (κ1) is 16.6. The van der Waals surface area contributed by atoms with Crippen molar-refractivity contribution in [3.63, 3.8) is 0 Å². The lowest BCUT2D eigenvalue weighted by molar-refractivity contribution is 0.460. The zero-order chi connectivity index (χ0) is 14.3. The first-order valence-corrected chi connectivity index (χ1v) is 9.00. The van der Waals surface area contributed by atoms with Crippen LogP contribution in [0.2, 0.25) is 0 Å². The number of nitrogens with one attached hydrogen (secondary N) is 1. The second kappa shape index (κ2) is 7.94. The minimum absolute atomic E-state index is 0.206. The van der Waals surface area contributed by atoms with E-state index in [1.54, 1.807) is 18.4 Å². The van der Waals surface area contributed by atoms with Gasteiger partial charge in [0.25, 0.3) is 0 Å². The number of rotatable bonds is 9. The molecule has 0 fully saturated rings. The second-order valence-electron chi connectivity index (χ2n) is 4.49. The first-order chi connectivity index (χ1) is 8.95. The molecule has 1 aromatic heterocycles. The van der Waals surface area contributed by atoms with Crippen molar-refractivity contribution in [2.24, 2.45) is 0 Å². The van der Waals surface area contributed by atoms with E-state index < -0.39 is 10.0 Å². The van der Waals surface area contributed by atoms with Crippen molar-refractivity contribution in [2.75, 3.05) is 25.9 Å². The van der Waals surface area contributed by atoms with E-state index in [1.807, 2.05) is 19.2 Å². The van der Waals surface area contributed by atoms with Crippen LogP contribution in [0.4, 0.5) is 0 Å². The van der Waals surface area contributed by atoms with Crippen molar-refractivity contribution in [3.8, 4) is 0 Å². The highest BCUT2D eigenvalue weighted by atomic mass is 32.2. The van der Waals surface area contributed by atoms with Gasteiger partial charge in [0.05, 0.1) is 23.0 Å². The predicted molar refractivity (Wildman–Crippen MR) is 79.9 cm³/mol. The topological polar surface area (TPSA) is 62.3 Å². The SMILES string of the molecule is CCNCCCCS(=O)(=O)N(C)Cc1csc(C)n1. The Hall–Kier alpha value is -0.500. The van der Waals surface area contributed by atoms with Crippen LogP contribution < -0.4 is 5.32 Å². The van der Waals surface area contributed by atoms with Gasteiger partial charge in [-0.05, 0) is 32.9 Å². The van der Waals surface area contributed by atoms with Crippen LogP contribution in [0.3, 0.4) is 0 Å². The Kier molecular flexibility index (Phi) is 6.92. The lowest BCUT2D eigenvalue weighted by Crippen LogP contribution is -2.29. The molecule has 0 saturated carbocycles. The van der Waals surface area contributed by atoms with Gasteiger partial charge in [-0.15, -0.1) is 11.3 Å². The number of aromatic nitrogens is 1. The van der Waals surface area contributed by atoms with Crippen molar-refractivity contribution in [2.45, 2.75) is 33.2 Å². The largest absolute Gasteiger partial charge is 0.317 e. The zero-order valence-corrected chi connectivity index (χ0v) is 13.5. The second-order valence-corrected chi connectivity index (χ2v) is 7.75. The normalized spacial score (nSPS) is 12.2. The monoisotopic (exact) mass is 305 g/mol. The van der Waals surface area contributed by atoms with Crippen molar-refractivity contribution in [1.82, 2.24) is 14.6 Å². The summed E-state index contributed by atoms with van der Waals surface area (Å²) >= 11 is 1.54. The zero-order valence-electron chi connectivity index (χ0n) is 11.8. The number of aryl methyl sites for hydroxylation is 1. The summed E-state index contributed by atoms with van der Waals surface area (Å²) in [5.74, 6) is 0.206. The molecule has 0 aliphatic rings. The minimum atomic E-state index is -3.17. The summed E-state index contributed by atoms with van der Waals surface area (Å²) in [5.41, 5.74) is 0.821. The highest BCUT2D eigenvalue weighted by Crippen LogP contribution is 2.12. The summed E-state index contributed by atoms with van der Waals surface area (Å²) in [6, 6.07) is 0. The van der Waals surface area contributed by atoms with Crippen LogP contribution in [0.25, 0.3) is 0 Å². The molecule has 0 aliphatic heterocycles. The summed E-state index contributed by atoms with van der Waals surface area (Å²) in [6.45, 7) is 6.13. The third-order valence-corrected chi connectivity index (χ3v) is 5.49. The molecule has 5 nitrogen and oxygen atoms in total. The molecule has 0 bridgehead atoms. The Morgan fingerprint density at radius 1 is 1.42 bits per heavy atom. The maximum atomic E-state index is 12.1. The maximum absolute atomic E-state index is 12.1. The molecule has 7 heteroatoms. The number of hydrogen-bond acceptors (Lipinski definition) is 5. The van der Waals surface area contributed by atoms with Gasteiger partial charge in [-0.3, -0.25) is 0 Å². The van der Waals surface area contributed by atoms with Crippen LogP contribution in [0.5, 0.6) is 0 Å². The fraction of sp³-hybridized carbons (Fsp3) is 0.750. The molecule has 0 amide bonds. The lowest BCUT2D eigenvalue weighted by Gasteiger charge is -2.15. The summed E-state index contributed by atoms with van der Waals surface area (Å²) in [5, 5.41) is 6.06. The molecule has 0 aromatic carbocycles. The number of hydrogen-bond donors (Lipinski definition) is 1. The lowest BCUT2D eigenvalue weighted by atomic mass is 10.3. The standard InChI is InChI=1S/C12H23N3O2S2/c1-4-13-7-5-6-8-19(16,17)15(3)9-12-10-18-11(2)14-12/h10,13H,4-9H2,1-3H3. The Labute approximate surface area is 120 Å². The van der Waals surface area contributed by atoms with Gasteiger partial charge in [-0.25, -0.2) is 13.4 Å². The highest BCUT2D eigenvalue weighted by Gasteiger charge is 2.18. The maximum Gasteiger partial charge on any atom is 0.214 e. The molecule has 0 radical (unpaired) electrons. The third-order valence-electron chi connectivity index (χ3n) is 2.78. The molecule has 19 heavy (non-hydrogen) atoms. The minimum Gasteiger partial charge on any atom is -0.317 e. The number of sulfonamides is 1. The van der Waals surface area contributed by atoms with Crippen LogP contribution in [0, 0.1) is 6.92 Å². The van der Waals surface area contributed by atoms with Gasteiger partial charge in [0, 0.05) is 12.4 Å². The molecule has 0 aliphatic carbocycles. The van der Waals surface area contributed by atoms with Gasteiger partial charge in [-0.1, -0.05) is 6.92 Å². The van der Waals surface area contributed by atoms with Gasteiger partial charge >= 0.3 is 0 Å². The summed E-state index contributed by atoms with van der Waals surface area (Å²) < 4.78 is 25.5. The van der Waals surface area contributed by atoms with Crippen LogP contribution in [-0.4, -0.2) is 43.6 Å². The van der Waals surface area contributed by atoms with E-state index in [0.29, 0.717) is 13.0 Å². The van der Waals surface area contributed by atoms with Crippen molar-refractivity contribution < 1.29 is 8.42 Å². The molecule has 0 saturated heterocycles. The smallest absolute Gasteiger partial charge is 0.214 e. The molecule has 0 spiro atoms. The quantitative estimate of drug-likeness (QED) is 0.704. The first-order valence-electron chi connectivity index (χ1n) is 6.51. The fourth-order valence-corrected chi connectivity index (χ4v) is 3.49. The van der Waals surface area contributed by atoms with E-state index in [9.17, 15) is 8.42 Å². The average Bonchev–Trinajstić information content (AvgIpc) is 2.74. The van der Waals surface area contributed by atoms with Crippen molar-refractivity contribution >= 4 is 21.4 Å². The van der Waals surface area contributed by atoms with E-state index in [4.69, 9.17) is 0 Å². The van der Waals surface area contributed by atoms with Crippen LogP contribution >= 0.6 is 11.3 Å². The Morgan fingerprint density at radius 3 is 2.74 bits per heavy atom. The molecular weight excluding hydrogens is 282 g/mol. The summed E-state index contributed by atoms with van der Waals surface area (Å²) in [6.07, 6.45) is 1.58. The van der Waals surface area contributed by atoms with E-state index in [0.717, 1.165) is 30.2 Å². The summed E-state index contributed by atoms with van der Waals surface area (Å²) in [7, 11) is -1.55. The van der Waals surface area contributed by atoms with E-state index >= 15 is 0 Å². The molecule has 1 rings (SSSR count). The van der Waals surface area contributed by atoms with E-state index in [1.165, 1.54) is 4.31 Å². The average molecular weight is 305 g/mol. The Balaban J connectivity index is 2.39. The number of nitrogens with zero attached hydrogens (tertiary/aromatic N) is 2. The molecule has 0 unspecified atom stereocenters.